The summed E-state index contributed by atoms with van der Waals surface area (Å²) in [6.45, 7) is 5.09. The topological polar surface area (TPSA) is 140 Å². The second kappa shape index (κ2) is 9.41. The van der Waals surface area contributed by atoms with E-state index in [1.807, 2.05) is 0 Å². The Bertz CT molecular complexity index is 1350. The number of hydrogen-bond acceptors (Lipinski definition) is 8. The molecular weight excluding hydrogens is 468 g/mol. The number of rotatable bonds is 8. The van der Waals surface area contributed by atoms with E-state index in [-0.39, 0.29) is 39.1 Å². The number of hydrogen-bond donors (Lipinski definition) is 1. The van der Waals surface area contributed by atoms with Gasteiger partial charge in [0.2, 0.25) is 15.9 Å². The number of sulfone groups is 1. The third-order valence-electron chi connectivity index (χ3n) is 5.01. The number of amides is 1. The fourth-order valence-corrected chi connectivity index (χ4v) is 5.01. The average molecular weight is 493 g/mol. The Morgan fingerprint density at radius 1 is 0.970 bits per heavy atom. The summed E-state index contributed by atoms with van der Waals surface area (Å²) in [5, 5.41) is 10.1. The Hall–Kier alpha value is -3.09. The van der Waals surface area contributed by atoms with Crippen LogP contribution in [-0.4, -0.2) is 56.1 Å². The SMILES string of the molecule is CCS(=O)(=O)c1ccc(-c2nnc(NC(=O)c3ccc(S(=O)(=O)N(C)C(C)C)cc3)o2)cc1. The summed E-state index contributed by atoms with van der Waals surface area (Å²) in [6, 6.07) is 11.1. The molecule has 33 heavy (non-hydrogen) atoms. The molecule has 10 nitrogen and oxygen atoms in total. The summed E-state index contributed by atoms with van der Waals surface area (Å²) in [6.07, 6.45) is 0. The molecule has 0 fully saturated rings. The molecule has 0 aliphatic rings. The van der Waals surface area contributed by atoms with Gasteiger partial charge in [0, 0.05) is 24.2 Å². The first-order chi connectivity index (χ1) is 15.5. The minimum atomic E-state index is -3.66. The van der Waals surface area contributed by atoms with Crippen LogP contribution in [0, 0.1) is 0 Å². The standard InChI is InChI=1S/C21H24N4O6S2/c1-5-32(27,28)17-10-8-16(9-11-17)20-23-24-21(31-20)22-19(26)15-6-12-18(13-7-15)33(29,30)25(4)14(2)3/h6-14H,5H2,1-4H3,(H,22,24,26). The van der Waals surface area contributed by atoms with E-state index < -0.39 is 25.8 Å². The molecule has 0 spiro atoms. The van der Waals surface area contributed by atoms with Crippen molar-refractivity contribution in [2.45, 2.75) is 36.6 Å². The van der Waals surface area contributed by atoms with E-state index in [4.69, 9.17) is 4.42 Å². The highest BCUT2D eigenvalue weighted by Crippen LogP contribution is 2.23. The van der Waals surface area contributed by atoms with Crippen LogP contribution in [0.3, 0.4) is 0 Å². The van der Waals surface area contributed by atoms with Crippen molar-refractivity contribution in [2.24, 2.45) is 0 Å². The first-order valence-corrected chi connectivity index (χ1v) is 13.1. The smallest absolute Gasteiger partial charge is 0.322 e. The summed E-state index contributed by atoms with van der Waals surface area (Å²) in [5.74, 6) is -0.468. The fraction of sp³-hybridized carbons (Fsp3) is 0.286. The van der Waals surface area contributed by atoms with Crippen LogP contribution in [0.25, 0.3) is 11.5 Å². The van der Waals surface area contributed by atoms with Crippen molar-refractivity contribution in [3.8, 4) is 11.5 Å². The van der Waals surface area contributed by atoms with Gasteiger partial charge in [-0.15, -0.1) is 5.10 Å². The highest BCUT2D eigenvalue weighted by molar-refractivity contribution is 7.91. The lowest BCUT2D eigenvalue weighted by Gasteiger charge is -2.20. The molecule has 176 valence electrons. The molecule has 0 aliphatic carbocycles. The number of nitrogens with one attached hydrogen (secondary N) is 1. The maximum Gasteiger partial charge on any atom is 0.322 e. The van der Waals surface area contributed by atoms with E-state index in [9.17, 15) is 21.6 Å². The first-order valence-electron chi connectivity index (χ1n) is 10.0. The summed E-state index contributed by atoms with van der Waals surface area (Å²) in [7, 11) is -5.49. The van der Waals surface area contributed by atoms with E-state index in [1.54, 1.807) is 20.8 Å². The van der Waals surface area contributed by atoms with Crippen LogP contribution in [0.15, 0.2) is 62.7 Å². The third kappa shape index (κ3) is 5.29. The molecule has 0 saturated carbocycles. The predicted molar refractivity (Wildman–Crippen MR) is 122 cm³/mol. The van der Waals surface area contributed by atoms with Crippen molar-refractivity contribution in [2.75, 3.05) is 18.1 Å². The van der Waals surface area contributed by atoms with Crippen molar-refractivity contribution in [3.63, 3.8) is 0 Å². The lowest BCUT2D eigenvalue weighted by molar-refractivity contribution is 0.102. The zero-order chi connectivity index (χ0) is 24.4. The van der Waals surface area contributed by atoms with Gasteiger partial charge in [0.15, 0.2) is 9.84 Å². The minimum Gasteiger partial charge on any atom is -0.403 e. The van der Waals surface area contributed by atoms with Gasteiger partial charge >= 0.3 is 6.01 Å². The molecule has 0 atom stereocenters. The van der Waals surface area contributed by atoms with Crippen LogP contribution in [0.2, 0.25) is 0 Å². The Kier molecular flexibility index (Phi) is 7.00. The lowest BCUT2D eigenvalue weighted by Crippen LogP contribution is -2.33. The van der Waals surface area contributed by atoms with Crippen molar-refractivity contribution in [1.29, 1.82) is 0 Å². The summed E-state index contributed by atoms with van der Waals surface area (Å²) in [5.41, 5.74) is 0.692. The van der Waals surface area contributed by atoms with Crippen molar-refractivity contribution in [3.05, 3.63) is 54.1 Å². The van der Waals surface area contributed by atoms with E-state index in [0.29, 0.717) is 5.56 Å². The van der Waals surface area contributed by atoms with E-state index in [2.05, 4.69) is 15.5 Å². The van der Waals surface area contributed by atoms with E-state index >= 15 is 0 Å². The molecule has 12 heteroatoms. The number of nitrogens with zero attached hydrogens (tertiary/aromatic N) is 3. The summed E-state index contributed by atoms with van der Waals surface area (Å²) in [4.78, 5) is 12.7. The Morgan fingerprint density at radius 2 is 1.55 bits per heavy atom. The molecule has 1 heterocycles. The average Bonchev–Trinajstić information content (AvgIpc) is 3.27. The van der Waals surface area contributed by atoms with Gasteiger partial charge in [0.05, 0.1) is 15.5 Å². The second-order valence-corrected chi connectivity index (χ2v) is 11.7. The van der Waals surface area contributed by atoms with Gasteiger partial charge in [-0.25, -0.2) is 16.8 Å². The molecule has 1 aromatic heterocycles. The molecule has 2 aromatic carbocycles. The number of carbonyl (C=O) groups excluding carboxylic acids is 1. The molecule has 0 unspecified atom stereocenters. The zero-order valence-corrected chi connectivity index (χ0v) is 20.1. The summed E-state index contributed by atoms with van der Waals surface area (Å²) >= 11 is 0. The monoisotopic (exact) mass is 492 g/mol. The van der Waals surface area contributed by atoms with Crippen LogP contribution in [0.4, 0.5) is 6.01 Å². The predicted octanol–water partition coefficient (Wildman–Crippen LogP) is 2.81. The van der Waals surface area contributed by atoms with Crippen LogP contribution >= 0.6 is 0 Å². The second-order valence-electron chi connectivity index (χ2n) is 7.43. The number of benzene rings is 2. The summed E-state index contributed by atoms with van der Waals surface area (Å²) < 4.78 is 55.6. The van der Waals surface area contributed by atoms with E-state index in [1.165, 1.54) is 59.9 Å². The highest BCUT2D eigenvalue weighted by atomic mass is 32.2. The molecular formula is C21H24N4O6S2. The van der Waals surface area contributed by atoms with Gasteiger partial charge in [0.25, 0.3) is 5.91 Å². The molecule has 1 amide bonds. The molecule has 3 aromatic rings. The van der Waals surface area contributed by atoms with Crippen molar-refractivity contribution >= 4 is 31.8 Å². The number of carbonyl (C=O) groups is 1. The van der Waals surface area contributed by atoms with Crippen LogP contribution in [-0.2, 0) is 19.9 Å². The lowest BCUT2D eigenvalue weighted by atomic mass is 10.2. The Balaban J connectivity index is 1.72. The van der Waals surface area contributed by atoms with Crippen LogP contribution in [0.1, 0.15) is 31.1 Å². The normalized spacial score (nSPS) is 12.3. The molecule has 0 aliphatic heterocycles. The van der Waals surface area contributed by atoms with Gasteiger partial charge in [-0.05, 0) is 62.4 Å². The van der Waals surface area contributed by atoms with Gasteiger partial charge < -0.3 is 4.42 Å². The van der Waals surface area contributed by atoms with E-state index in [0.717, 1.165) is 0 Å². The maximum absolute atomic E-state index is 12.5. The first kappa shape index (κ1) is 24.6. The van der Waals surface area contributed by atoms with Gasteiger partial charge in [-0.3, -0.25) is 10.1 Å². The van der Waals surface area contributed by atoms with Gasteiger partial charge in [0.1, 0.15) is 0 Å². The molecule has 0 saturated heterocycles. The van der Waals surface area contributed by atoms with Crippen molar-refractivity contribution < 1.29 is 26.0 Å². The quantitative estimate of drug-likeness (QED) is 0.506. The van der Waals surface area contributed by atoms with Gasteiger partial charge in [-0.1, -0.05) is 12.0 Å². The number of sulfonamides is 1. The zero-order valence-electron chi connectivity index (χ0n) is 18.5. The minimum absolute atomic E-state index is 0.00950. The molecule has 1 N–H and O–H groups in total. The largest absolute Gasteiger partial charge is 0.403 e. The third-order valence-corrected chi connectivity index (χ3v) is 8.80. The van der Waals surface area contributed by atoms with Crippen LogP contribution in [0.5, 0.6) is 0 Å². The number of anilines is 1. The molecule has 0 radical (unpaired) electrons. The maximum atomic E-state index is 12.5. The Labute approximate surface area is 192 Å². The highest BCUT2D eigenvalue weighted by Gasteiger charge is 2.23. The van der Waals surface area contributed by atoms with Crippen molar-refractivity contribution in [1.82, 2.24) is 14.5 Å². The molecule has 3 rings (SSSR count). The van der Waals surface area contributed by atoms with Gasteiger partial charge in [-0.2, -0.15) is 4.31 Å². The van der Waals surface area contributed by atoms with Crippen LogP contribution < -0.4 is 5.32 Å². The molecule has 0 bridgehead atoms. The fourth-order valence-electron chi connectivity index (χ4n) is 2.75. The Morgan fingerprint density at radius 3 is 2.09 bits per heavy atom. The number of aromatic nitrogens is 2.